The highest BCUT2D eigenvalue weighted by atomic mass is 35.5. The van der Waals surface area contributed by atoms with Gasteiger partial charge in [0.15, 0.2) is 0 Å². The lowest BCUT2D eigenvalue weighted by atomic mass is 9.99. The normalized spacial score (nSPS) is 10.6. The third-order valence-electron chi connectivity index (χ3n) is 4.47. The second-order valence-corrected chi connectivity index (χ2v) is 6.78. The maximum Gasteiger partial charge on any atom is 0.352 e. The van der Waals surface area contributed by atoms with Gasteiger partial charge in [-0.3, -0.25) is 4.79 Å². The molecule has 7 nitrogen and oxygen atoms in total. The summed E-state index contributed by atoms with van der Waals surface area (Å²) < 4.78 is 11.5. The summed E-state index contributed by atoms with van der Waals surface area (Å²) in [4.78, 5) is 36.7. The standard InChI is InChI=1S/C21H24ClNO6/c1-4-28-17(24)12-16-18(21(27)29-5-2)15(19(20(25)26)23(16)3)10-9-13-7-6-8-14(22)11-13/h6-8,11H,4-5,9-10,12H2,1-3H3,(H,25,26). The van der Waals surface area contributed by atoms with E-state index >= 15 is 0 Å². The molecule has 29 heavy (non-hydrogen) atoms. The Morgan fingerprint density at radius 2 is 1.79 bits per heavy atom. The fourth-order valence-corrected chi connectivity index (χ4v) is 3.49. The summed E-state index contributed by atoms with van der Waals surface area (Å²) in [5, 5.41) is 10.3. The summed E-state index contributed by atoms with van der Waals surface area (Å²) in [6, 6.07) is 7.21. The molecule has 0 aliphatic heterocycles. The van der Waals surface area contributed by atoms with Gasteiger partial charge in [-0.25, -0.2) is 9.59 Å². The van der Waals surface area contributed by atoms with E-state index in [-0.39, 0.29) is 43.0 Å². The van der Waals surface area contributed by atoms with Crippen LogP contribution in [0.2, 0.25) is 5.02 Å². The molecule has 0 spiro atoms. The highest BCUT2D eigenvalue weighted by Crippen LogP contribution is 2.27. The van der Waals surface area contributed by atoms with Gasteiger partial charge in [-0.2, -0.15) is 0 Å². The van der Waals surface area contributed by atoms with Gasteiger partial charge in [0.25, 0.3) is 0 Å². The number of aromatic carboxylic acids is 1. The van der Waals surface area contributed by atoms with Crippen LogP contribution in [0.4, 0.5) is 0 Å². The number of aromatic nitrogens is 1. The lowest BCUT2D eigenvalue weighted by molar-refractivity contribution is -0.142. The zero-order valence-corrected chi connectivity index (χ0v) is 17.4. The number of carbonyl (C=O) groups is 3. The fraction of sp³-hybridized carbons (Fsp3) is 0.381. The topological polar surface area (TPSA) is 94.8 Å². The van der Waals surface area contributed by atoms with Crippen molar-refractivity contribution < 1.29 is 29.0 Å². The third-order valence-corrected chi connectivity index (χ3v) is 4.70. The van der Waals surface area contributed by atoms with Crippen LogP contribution >= 0.6 is 11.6 Å². The number of carbonyl (C=O) groups excluding carboxylic acids is 2. The van der Waals surface area contributed by atoms with Crippen molar-refractivity contribution in [2.45, 2.75) is 33.1 Å². The van der Waals surface area contributed by atoms with Crippen LogP contribution in [-0.4, -0.2) is 40.8 Å². The molecule has 0 bridgehead atoms. The number of benzene rings is 1. The number of nitrogens with zero attached hydrogens (tertiary/aromatic N) is 1. The third kappa shape index (κ3) is 5.38. The van der Waals surface area contributed by atoms with E-state index in [1.54, 1.807) is 32.0 Å². The predicted molar refractivity (Wildman–Crippen MR) is 108 cm³/mol. The van der Waals surface area contributed by atoms with E-state index in [0.29, 0.717) is 17.0 Å². The maximum absolute atomic E-state index is 12.7. The van der Waals surface area contributed by atoms with Crippen LogP contribution < -0.4 is 0 Å². The van der Waals surface area contributed by atoms with Crippen molar-refractivity contribution in [3.05, 3.63) is 57.4 Å². The predicted octanol–water partition coefficient (Wildman–Crippen LogP) is 3.44. The number of hydrogen-bond donors (Lipinski definition) is 1. The second-order valence-electron chi connectivity index (χ2n) is 6.35. The van der Waals surface area contributed by atoms with E-state index in [0.717, 1.165) is 5.56 Å². The number of carboxylic acid groups (broad SMARTS) is 1. The molecule has 0 aliphatic carbocycles. The average molecular weight is 422 g/mol. The van der Waals surface area contributed by atoms with Crippen molar-refractivity contribution in [1.29, 1.82) is 0 Å². The van der Waals surface area contributed by atoms with Gasteiger partial charge in [0.2, 0.25) is 0 Å². The summed E-state index contributed by atoms with van der Waals surface area (Å²) in [5.74, 6) is -2.39. The molecule has 0 unspecified atom stereocenters. The molecule has 1 N–H and O–H groups in total. The largest absolute Gasteiger partial charge is 0.477 e. The van der Waals surface area contributed by atoms with E-state index in [9.17, 15) is 19.5 Å². The van der Waals surface area contributed by atoms with Crippen LogP contribution in [0.25, 0.3) is 0 Å². The van der Waals surface area contributed by atoms with Gasteiger partial charge in [-0.05, 0) is 49.9 Å². The minimum atomic E-state index is -1.19. The quantitative estimate of drug-likeness (QED) is 0.623. The summed E-state index contributed by atoms with van der Waals surface area (Å²) in [7, 11) is 1.52. The highest BCUT2D eigenvalue weighted by molar-refractivity contribution is 6.30. The Morgan fingerprint density at radius 1 is 1.10 bits per heavy atom. The van der Waals surface area contributed by atoms with Gasteiger partial charge < -0.3 is 19.1 Å². The van der Waals surface area contributed by atoms with Gasteiger partial charge in [-0.15, -0.1) is 0 Å². The molecule has 0 fully saturated rings. The van der Waals surface area contributed by atoms with Gasteiger partial charge in [0.1, 0.15) is 5.69 Å². The minimum absolute atomic E-state index is 0.0469. The highest BCUT2D eigenvalue weighted by Gasteiger charge is 2.30. The van der Waals surface area contributed by atoms with Crippen LogP contribution in [0.3, 0.4) is 0 Å². The molecule has 1 heterocycles. The van der Waals surface area contributed by atoms with Gasteiger partial charge in [0, 0.05) is 17.8 Å². The number of hydrogen-bond acceptors (Lipinski definition) is 5. The maximum atomic E-state index is 12.7. The van der Waals surface area contributed by atoms with Crippen molar-refractivity contribution in [1.82, 2.24) is 4.57 Å². The van der Waals surface area contributed by atoms with Gasteiger partial charge >= 0.3 is 17.9 Å². The van der Waals surface area contributed by atoms with Gasteiger partial charge in [0.05, 0.1) is 25.2 Å². The summed E-state index contributed by atoms with van der Waals surface area (Å²) >= 11 is 6.02. The number of carboxylic acids is 1. The number of ether oxygens (including phenoxy) is 2. The van der Waals surface area contributed by atoms with E-state index < -0.39 is 17.9 Å². The average Bonchev–Trinajstić information content (AvgIpc) is 2.92. The molecule has 2 aromatic rings. The van der Waals surface area contributed by atoms with Crippen LogP contribution in [0, 0.1) is 0 Å². The van der Waals surface area contributed by atoms with Crippen LogP contribution in [0.5, 0.6) is 0 Å². The molecule has 156 valence electrons. The first-order valence-corrected chi connectivity index (χ1v) is 9.68. The Labute approximate surface area is 174 Å². The molecule has 0 aliphatic rings. The zero-order chi connectivity index (χ0) is 21.6. The first kappa shape index (κ1) is 22.5. The number of aryl methyl sites for hydroxylation is 1. The van der Waals surface area contributed by atoms with Crippen LogP contribution in [0.15, 0.2) is 24.3 Å². The Morgan fingerprint density at radius 3 is 2.38 bits per heavy atom. The molecule has 1 aromatic carbocycles. The van der Waals surface area contributed by atoms with E-state index in [1.807, 2.05) is 6.07 Å². The molecular weight excluding hydrogens is 398 g/mol. The summed E-state index contributed by atoms with van der Waals surface area (Å²) in [5.41, 5.74) is 1.56. The molecule has 8 heteroatoms. The molecule has 0 atom stereocenters. The van der Waals surface area contributed by atoms with Gasteiger partial charge in [-0.1, -0.05) is 23.7 Å². The molecule has 0 amide bonds. The number of rotatable bonds is 9. The Kier molecular flexibility index (Phi) is 7.84. The van der Waals surface area contributed by atoms with Crippen LogP contribution in [-0.2, 0) is 40.6 Å². The summed E-state index contributed by atoms with van der Waals surface area (Å²) in [6.07, 6.45) is 0.513. The summed E-state index contributed by atoms with van der Waals surface area (Å²) in [6.45, 7) is 3.65. The molecule has 0 saturated carbocycles. The first-order valence-electron chi connectivity index (χ1n) is 9.30. The molecule has 0 saturated heterocycles. The molecular formula is C21H24ClNO6. The second kappa shape index (κ2) is 10.1. The SMILES string of the molecule is CCOC(=O)Cc1c(C(=O)OCC)c(CCc2cccc(Cl)c2)c(C(=O)O)n1C. The lowest BCUT2D eigenvalue weighted by Gasteiger charge is -2.08. The Balaban J connectivity index is 2.53. The molecule has 0 radical (unpaired) electrons. The van der Waals surface area contributed by atoms with Crippen molar-refractivity contribution in [3.8, 4) is 0 Å². The zero-order valence-electron chi connectivity index (χ0n) is 16.7. The Bertz CT molecular complexity index is 918. The monoisotopic (exact) mass is 421 g/mol. The van der Waals surface area contributed by atoms with E-state index in [1.165, 1.54) is 11.6 Å². The van der Waals surface area contributed by atoms with Crippen molar-refractivity contribution in [2.24, 2.45) is 7.05 Å². The van der Waals surface area contributed by atoms with Crippen LogP contribution in [0.1, 0.15) is 51.5 Å². The number of esters is 2. The first-order chi connectivity index (χ1) is 13.8. The minimum Gasteiger partial charge on any atom is -0.477 e. The number of halogens is 1. The lowest BCUT2D eigenvalue weighted by Crippen LogP contribution is -2.16. The Hall–Kier alpha value is -2.80. The van der Waals surface area contributed by atoms with Crippen molar-refractivity contribution in [2.75, 3.05) is 13.2 Å². The molecule has 2 rings (SSSR count). The van der Waals surface area contributed by atoms with Crippen molar-refractivity contribution >= 4 is 29.5 Å². The van der Waals surface area contributed by atoms with E-state index in [4.69, 9.17) is 21.1 Å². The smallest absolute Gasteiger partial charge is 0.352 e. The van der Waals surface area contributed by atoms with Crippen molar-refractivity contribution in [3.63, 3.8) is 0 Å². The molecule has 1 aromatic heterocycles. The van der Waals surface area contributed by atoms with E-state index in [2.05, 4.69) is 0 Å². The fourth-order valence-electron chi connectivity index (χ4n) is 3.28.